The summed E-state index contributed by atoms with van der Waals surface area (Å²) in [6.07, 6.45) is 3.35. The molecule has 2 heterocycles. The van der Waals surface area contributed by atoms with E-state index in [2.05, 4.69) is 44.6 Å². The summed E-state index contributed by atoms with van der Waals surface area (Å²) in [4.78, 5) is 10.5. The molecule has 0 aromatic carbocycles. The summed E-state index contributed by atoms with van der Waals surface area (Å²) in [5, 5.41) is 0. The molecule has 82 valence electrons. The quantitative estimate of drug-likeness (QED) is 0.782. The summed E-state index contributed by atoms with van der Waals surface area (Å²) >= 11 is 3.48. The van der Waals surface area contributed by atoms with Crippen molar-refractivity contribution in [1.29, 1.82) is 0 Å². The third kappa shape index (κ3) is 2.13. The van der Waals surface area contributed by atoms with Crippen molar-refractivity contribution in [2.75, 3.05) is 24.7 Å². The third-order valence-electron chi connectivity index (χ3n) is 2.55. The molecule has 1 aromatic rings. The molecule has 1 aliphatic heterocycles. The van der Waals surface area contributed by atoms with Crippen LogP contribution in [-0.4, -0.2) is 35.3 Å². The van der Waals surface area contributed by atoms with Gasteiger partial charge in [-0.15, -0.1) is 0 Å². The number of rotatable bonds is 1. The van der Waals surface area contributed by atoms with E-state index in [1.807, 2.05) is 0 Å². The molecule has 0 spiro atoms. The van der Waals surface area contributed by atoms with E-state index in [0.29, 0.717) is 0 Å². The Kier molecular flexibility index (Phi) is 2.93. The number of aromatic nitrogens is 2. The molecule has 2 rings (SSSR count). The molecule has 0 aliphatic carbocycles. The molecule has 1 aliphatic rings. The lowest BCUT2D eigenvalue weighted by molar-refractivity contribution is 0.0638. The standard InChI is InChI=1S/C10H14BrN3O/c1-10(2)6-15-4-3-14(10)9-8(11)5-12-7-13-9/h5,7H,3-4,6H2,1-2H3. The van der Waals surface area contributed by atoms with Crippen molar-refractivity contribution in [3.63, 3.8) is 0 Å². The van der Waals surface area contributed by atoms with Crippen molar-refractivity contribution in [3.8, 4) is 0 Å². The van der Waals surface area contributed by atoms with Gasteiger partial charge >= 0.3 is 0 Å². The zero-order valence-corrected chi connectivity index (χ0v) is 10.5. The van der Waals surface area contributed by atoms with E-state index in [1.165, 1.54) is 0 Å². The molecule has 5 heteroatoms. The van der Waals surface area contributed by atoms with Gasteiger partial charge in [0.1, 0.15) is 12.1 Å². The highest BCUT2D eigenvalue weighted by atomic mass is 79.9. The first-order valence-electron chi connectivity index (χ1n) is 4.92. The number of ether oxygens (including phenoxy) is 1. The Hall–Kier alpha value is -0.680. The molecule has 0 unspecified atom stereocenters. The van der Waals surface area contributed by atoms with Crippen molar-refractivity contribution in [2.24, 2.45) is 0 Å². The lowest BCUT2D eigenvalue weighted by Crippen LogP contribution is -2.53. The summed E-state index contributed by atoms with van der Waals surface area (Å²) in [5.74, 6) is 0.943. The minimum absolute atomic E-state index is 0.0187. The molecular formula is C10H14BrN3O. The molecule has 1 fully saturated rings. The van der Waals surface area contributed by atoms with E-state index in [9.17, 15) is 0 Å². The predicted molar refractivity (Wildman–Crippen MR) is 62.0 cm³/mol. The molecule has 1 saturated heterocycles. The third-order valence-corrected chi connectivity index (χ3v) is 3.11. The van der Waals surface area contributed by atoms with E-state index in [1.54, 1.807) is 12.5 Å². The topological polar surface area (TPSA) is 38.2 Å². The lowest BCUT2D eigenvalue weighted by Gasteiger charge is -2.43. The first-order chi connectivity index (χ1) is 7.11. The lowest BCUT2D eigenvalue weighted by atomic mass is 10.0. The van der Waals surface area contributed by atoms with Gasteiger partial charge in [0.25, 0.3) is 0 Å². The van der Waals surface area contributed by atoms with Crippen LogP contribution in [0.5, 0.6) is 0 Å². The van der Waals surface area contributed by atoms with Crippen LogP contribution in [0.15, 0.2) is 17.0 Å². The van der Waals surface area contributed by atoms with Crippen LogP contribution in [0.4, 0.5) is 5.82 Å². The molecule has 1 aromatic heterocycles. The smallest absolute Gasteiger partial charge is 0.146 e. The molecule has 4 nitrogen and oxygen atoms in total. The highest BCUT2D eigenvalue weighted by Crippen LogP contribution is 2.30. The van der Waals surface area contributed by atoms with E-state index in [0.717, 1.165) is 30.0 Å². The van der Waals surface area contributed by atoms with Gasteiger partial charge < -0.3 is 9.64 Å². The van der Waals surface area contributed by atoms with Gasteiger partial charge in [0, 0.05) is 12.7 Å². The van der Waals surface area contributed by atoms with Crippen LogP contribution in [0.2, 0.25) is 0 Å². The van der Waals surface area contributed by atoms with Gasteiger partial charge in [0.15, 0.2) is 0 Å². The first-order valence-corrected chi connectivity index (χ1v) is 5.71. The van der Waals surface area contributed by atoms with Crippen molar-refractivity contribution >= 4 is 21.7 Å². The van der Waals surface area contributed by atoms with E-state index in [4.69, 9.17) is 4.74 Å². The van der Waals surface area contributed by atoms with Gasteiger partial charge in [-0.3, -0.25) is 0 Å². The van der Waals surface area contributed by atoms with Crippen LogP contribution in [0.1, 0.15) is 13.8 Å². The zero-order valence-electron chi connectivity index (χ0n) is 8.90. The van der Waals surface area contributed by atoms with E-state index in [-0.39, 0.29) is 5.54 Å². The summed E-state index contributed by atoms with van der Waals surface area (Å²) in [5.41, 5.74) is -0.0187. The summed E-state index contributed by atoms with van der Waals surface area (Å²) in [6, 6.07) is 0. The molecule has 0 N–H and O–H groups in total. The van der Waals surface area contributed by atoms with Crippen LogP contribution in [0.25, 0.3) is 0 Å². The van der Waals surface area contributed by atoms with Crippen molar-refractivity contribution in [1.82, 2.24) is 9.97 Å². The maximum absolute atomic E-state index is 5.48. The number of halogens is 1. The van der Waals surface area contributed by atoms with Gasteiger partial charge in [-0.25, -0.2) is 9.97 Å². The van der Waals surface area contributed by atoms with Gasteiger partial charge in [-0.05, 0) is 29.8 Å². The second kappa shape index (κ2) is 4.06. The van der Waals surface area contributed by atoms with Gasteiger partial charge in [-0.1, -0.05) is 0 Å². The van der Waals surface area contributed by atoms with Crippen LogP contribution in [0.3, 0.4) is 0 Å². The Morgan fingerprint density at radius 1 is 1.53 bits per heavy atom. The molecule has 0 radical (unpaired) electrons. The Balaban J connectivity index is 2.33. The minimum atomic E-state index is -0.0187. The maximum Gasteiger partial charge on any atom is 0.146 e. The molecule has 0 atom stereocenters. The molecule has 15 heavy (non-hydrogen) atoms. The number of anilines is 1. The van der Waals surface area contributed by atoms with Crippen molar-refractivity contribution < 1.29 is 4.74 Å². The maximum atomic E-state index is 5.48. The average Bonchev–Trinajstić information content (AvgIpc) is 2.19. The Labute approximate surface area is 97.8 Å². The van der Waals surface area contributed by atoms with Gasteiger partial charge in [0.05, 0.1) is 23.2 Å². The van der Waals surface area contributed by atoms with Crippen LogP contribution >= 0.6 is 15.9 Å². The number of hydrogen-bond acceptors (Lipinski definition) is 4. The summed E-state index contributed by atoms with van der Waals surface area (Å²) in [7, 11) is 0. The molecule has 0 amide bonds. The fraction of sp³-hybridized carbons (Fsp3) is 0.600. The Bertz CT molecular complexity index is 356. The molecule has 0 saturated carbocycles. The normalized spacial score (nSPS) is 20.3. The summed E-state index contributed by atoms with van der Waals surface area (Å²) < 4.78 is 6.41. The van der Waals surface area contributed by atoms with E-state index < -0.39 is 0 Å². The zero-order chi connectivity index (χ0) is 10.9. The Morgan fingerprint density at radius 3 is 3.00 bits per heavy atom. The predicted octanol–water partition coefficient (Wildman–Crippen LogP) is 1.85. The van der Waals surface area contributed by atoms with Gasteiger partial charge in [-0.2, -0.15) is 0 Å². The first kappa shape index (κ1) is 10.8. The Morgan fingerprint density at radius 2 is 2.33 bits per heavy atom. The van der Waals surface area contributed by atoms with E-state index >= 15 is 0 Å². The van der Waals surface area contributed by atoms with Crippen LogP contribution < -0.4 is 4.90 Å². The largest absolute Gasteiger partial charge is 0.377 e. The number of nitrogens with zero attached hydrogens (tertiary/aromatic N) is 3. The van der Waals surface area contributed by atoms with Crippen LogP contribution in [-0.2, 0) is 4.74 Å². The molecule has 0 bridgehead atoms. The fourth-order valence-corrected chi connectivity index (χ4v) is 2.19. The minimum Gasteiger partial charge on any atom is -0.377 e. The number of morpholine rings is 1. The van der Waals surface area contributed by atoms with Crippen LogP contribution in [0, 0.1) is 0 Å². The average molecular weight is 272 g/mol. The van der Waals surface area contributed by atoms with Crippen molar-refractivity contribution in [3.05, 3.63) is 17.0 Å². The monoisotopic (exact) mass is 271 g/mol. The summed E-state index contributed by atoms with van der Waals surface area (Å²) in [6.45, 7) is 6.65. The second-order valence-corrected chi connectivity index (χ2v) is 5.07. The highest BCUT2D eigenvalue weighted by molar-refractivity contribution is 9.10. The van der Waals surface area contributed by atoms with Gasteiger partial charge in [0.2, 0.25) is 0 Å². The molecular weight excluding hydrogens is 258 g/mol. The SMILES string of the molecule is CC1(C)COCCN1c1ncncc1Br. The number of hydrogen-bond donors (Lipinski definition) is 0. The highest BCUT2D eigenvalue weighted by Gasteiger charge is 2.32. The fourth-order valence-electron chi connectivity index (χ4n) is 1.76. The van der Waals surface area contributed by atoms with Crippen molar-refractivity contribution in [2.45, 2.75) is 19.4 Å². The second-order valence-electron chi connectivity index (χ2n) is 4.21.